The summed E-state index contributed by atoms with van der Waals surface area (Å²) in [6, 6.07) is 5.52. The third-order valence-corrected chi connectivity index (χ3v) is 1.42. The molecule has 4 heteroatoms. The van der Waals surface area contributed by atoms with E-state index in [9.17, 15) is 0 Å². The van der Waals surface area contributed by atoms with E-state index in [-0.39, 0.29) is 18.4 Å². The van der Waals surface area contributed by atoms with Gasteiger partial charge in [-0.3, -0.25) is 0 Å². The van der Waals surface area contributed by atoms with Crippen LogP contribution in [0.25, 0.3) is 0 Å². The van der Waals surface area contributed by atoms with Crippen LogP contribution in [0.1, 0.15) is 18.7 Å². The van der Waals surface area contributed by atoms with Crippen LogP contribution in [-0.4, -0.2) is 12.1 Å². The van der Waals surface area contributed by atoms with Crippen LogP contribution in [0.4, 0.5) is 0 Å². The average Bonchev–Trinajstić information content (AvgIpc) is 2.05. The second-order valence-corrected chi connectivity index (χ2v) is 2.39. The molecule has 1 unspecified atom stereocenters. The first-order valence-corrected chi connectivity index (χ1v) is 3.50. The van der Waals surface area contributed by atoms with Crippen LogP contribution in [-0.2, 0) is 0 Å². The number of halogens is 1. The lowest BCUT2D eigenvalue weighted by atomic mass is 10.2. The first kappa shape index (κ1) is 11.2. The Kier molecular flexibility index (Phi) is 4.62. The Morgan fingerprint density at radius 2 is 2.17 bits per heavy atom. The van der Waals surface area contributed by atoms with Gasteiger partial charge in [-0.15, -0.1) is 12.4 Å². The van der Waals surface area contributed by atoms with Crippen LogP contribution in [0.3, 0.4) is 0 Å². The molecule has 0 saturated heterocycles. The van der Waals surface area contributed by atoms with Crippen molar-refractivity contribution in [3.63, 3.8) is 0 Å². The predicted molar refractivity (Wildman–Crippen MR) is 50.6 cm³/mol. The first-order chi connectivity index (χ1) is 5.24. The lowest BCUT2D eigenvalue weighted by molar-refractivity contribution is 0.395. The lowest BCUT2D eigenvalue weighted by Crippen LogP contribution is -2.07. The second kappa shape index (κ2) is 4.95. The molecule has 0 spiro atoms. The maximum atomic E-state index is 5.62. The minimum absolute atomic E-state index is 0. The maximum absolute atomic E-state index is 5.62. The zero-order chi connectivity index (χ0) is 8.27. The zero-order valence-electron chi connectivity index (χ0n) is 7.15. The largest absolute Gasteiger partial charge is 0.481 e. The van der Waals surface area contributed by atoms with Crippen LogP contribution in [0.5, 0.6) is 5.88 Å². The van der Waals surface area contributed by atoms with Gasteiger partial charge in [-0.2, -0.15) is 0 Å². The summed E-state index contributed by atoms with van der Waals surface area (Å²) in [5.74, 6) is 0.611. The molecule has 2 N–H and O–H groups in total. The van der Waals surface area contributed by atoms with Gasteiger partial charge < -0.3 is 10.5 Å². The van der Waals surface area contributed by atoms with Gasteiger partial charge in [-0.25, -0.2) is 4.98 Å². The summed E-state index contributed by atoms with van der Waals surface area (Å²) >= 11 is 0. The van der Waals surface area contributed by atoms with Crippen molar-refractivity contribution in [3.8, 4) is 5.88 Å². The number of nitrogens with two attached hydrogens (primary N) is 1. The number of methoxy groups -OCH3 is 1. The fourth-order valence-electron chi connectivity index (χ4n) is 0.798. The number of ether oxygens (including phenoxy) is 1. The molecule has 3 nitrogen and oxygen atoms in total. The molecule has 0 amide bonds. The Labute approximate surface area is 78.4 Å². The average molecular weight is 189 g/mol. The van der Waals surface area contributed by atoms with E-state index in [1.54, 1.807) is 13.2 Å². The molecule has 1 heterocycles. The summed E-state index contributed by atoms with van der Waals surface area (Å²) in [6.07, 6.45) is 0. The van der Waals surface area contributed by atoms with E-state index in [2.05, 4.69) is 4.98 Å². The molecular weight excluding hydrogens is 176 g/mol. The highest BCUT2D eigenvalue weighted by Crippen LogP contribution is 2.10. The van der Waals surface area contributed by atoms with Crippen molar-refractivity contribution in [2.24, 2.45) is 5.73 Å². The summed E-state index contributed by atoms with van der Waals surface area (Å²) in [5.41, 5.74) is 6.47. The van der Waals surface area contributed by atoms with E-state index in [0.29, 0.717) is 5.88 Å². The Hall–Kier alpha value is -0.800. The standard InChI is InChI=1S/C8H12N2O.ClH/c1-6(9)7-4-3-5-8(10-7)11-2;/h3-6H,9H2,1-2H3;1H. The third kappa shape index (κ3) is 2.68. The summed E-state index contributed by atoms with van der Waals surface area (Å²) in [5, 5.41) is 0. The van der Waals surface area contributed by atoms with Crippen LogP contribution >= 0.6 is 12.4 Å². The molecule has 68 valence electrons. The monoisotopic (exact) mass is 188 g/mol. The summed E-state index contributed by atoms with van der Waals surface area (Å²) < 4.78 is 4.94. The molecule has 1 aromatic rings. The SMILES string of the molecule is COc1cccc(C(C)N)n1.Cl. The summed E-state index contributed by atoms with van der Waals surface area (Å²) in [6.45, 7) is 1.89. The van der Waals surface area contributed by atoms with E-state index in [4.69, 9.17) is 10.5 Å². The highest BCUT2D eigenvalue weighted by molar-refractivity contribution is 5.85. The highest BCUT2D eigenvalue weighted by atomic mass is 35.5. The fourth-order valence-corrected chi connectivity index (χ4v) is 0.798. The molecule has 0 saturated carbocycles. The molecule has 0 aliphatic heterocycles. The third-order valence-electron chi connectivity index (χ3n) is 1.42. The topological polar surface area (TPSA) is 48.1 Å². The molecule has 0 bridgehead atoms. The molecule has 0 radical (unpaired) electrons. The number of rotatable bonds is 2. The van der Waals surface area contributed by atoms with Gasteiger partial charge in [0.25, 0.3) is 0 Å². The van der Waals surface area contributed by atoms with E-state index < -0.39 is 0 Å². The fraction of sp³-hybridized carbons (Fsp3) is 0.375. The number of aromatic nitrogens is 1. The number of nitrogens with zero attached hydrogens (tertiary/aromatic N) is 1. The Balaban J connectivity index is 0.00000121. The molecule has 0 aliphatic carbocycles. The van der Waals surface area contributed by atoms with Crippen molar-refractivity contribution in [3.05, 3.63) is 23.9 Å². The van der Waals surface area contributed by atoms with Crippen LogP contribution in [0, 0.1) is 0 Å². The van der Waals surface area contributed by atoms with Crippen molar-refractivity contribution in [2.45, 2.75) is 13.0 Å². The van der Waals surface area contributed by atoms with Crippen molar-refractivity contribution in [1.29, 1.82) is 0 Å². The van der Waals surface area contributed by atoms with Gasteiger partial charge in [0.1, 0.15) is 0 Å². The van der Waals surface area contributed by atoms with Crippen molar-refractivity contribution >= 4 is 12.4 Å². The van der Waals surface area contributed by atoms with Gasteiger partial charge in [0, 0.05) is 12.1 Å². The molecular formula is C8H13ClN2O. The van der Waals surface area contributed by atoms with Crippen LogP contribution in [0.15, 0.2) is 18.2 Å². The normalized spacial score (nSPS) is 11.6. The van der Waals surface area contributed by atoms with Gasteiger partial charge in [0.15, 0.2) is 0 Å². The number of hydrogen-bond donors (Lipinski definition) is 1. The van der Waals surface area contributed by atoms with Crippen LogP contribution in [0.2, 0.25) is 0 Å². The minimum Gasteiger partial charge on any atom is -0.481 e. The Bertz CT molecular complexity index is 240. The van der Waals surface area contributed by atoms with Gasteiger partial charge in [-0.1, -0.05) is 6.07 Å². The van der Waals surface area contributed by atoms with Crippen molar-refractivity contribution in [2.75, 3.05) is 7.11 Å². The number of hydrogen-bond acceptors (Lipinski definition) is 3. The lowest BCUT2D eigenvalue weighted by Gasteiger charge is -2.05. The predicted octanol–water partition coefficient (Wildman–Crippen LogP) is 1.53. The van der Waals surface area contributed by atoms with Gasteiger partial charge in [0.05, 0.1) is 12.8 Å². The van der Waals surface area contributed by atoms with E-state index in [1.165, 1.54) is 0 Å². The quantitative estimate of drug-likeness (QED) is 0.766. The molecule has 1 rings (SSSR count). The van der Waals surface area contributed by atoms with Gasteiger partial charge >= 0.3 is 0 Å². The minimum atomic E-state index is -0.0369. The first-order valence-electron chi connectivity index (χ1n) is 3.50. The van der Waals surface area contributed by atoms with Crippen LogP contribution < -0.4 is 10.5 Å². The van der Waals surface area contributed by atoms with E-state index in [1.807, 2.05) is 19.1 Å². The molecule has 12 heavy (non-hydrogen) atoms. The van der Waals surface area contributed by atoms with Gasteiger partial charge in [0.2, 0.25) is 5.88 Å². The zero-order valence-corrected chi connectivity index (χ0v) is 7.97. The van der Waals surface area contributed by atoms with Gasteiger partial charge in [-0.05, 0) is 13.0 Å². The maximum Gasteiger partial charge on any atom is 0.213 e. The molecule has 0 aliphatic rings. The molecule has 0 aromatic carbocycles. The Morgan fingerprint density at radius 3 is 2.67 bits per heavy atom. The highest BCUT2D eigenvalue weighted by Gasteiger charge is 2.00. The second-order valence-electron chi connectivity index (χ2n) is 2.39. The summed E-state index contributed by atoms with van der Waals surface area (Å²) in [4.78, 5) is 4.14. The molecule has 1 aromatic heterocycles. The van der Waals surface area contributed by atoms with Crippen molar-refractivity contribution < 1.29 is 4.74 Å². The molecule has 0 fully saturated rings. The van der Waals surface area contributed by atoms with E-state index >= 15 is 0 Å². The Morgan fingerprint density at radius 1 is 1.50 bits per heavy atom. The molecule has 1 atom stereocenters. The van der Waals surface area contributed by atoms with Crippen molar-refractivity contribution in [1.82, 2.24) is 4.98 Å². The van der Waals surface area contributed by atoms with E-state index in [0.717, 1.165) is 5.69 Å². The number of pyridine rings is 1. The summed E-state index contributed by atoms with van der Waals surface area (Å²) in [7, 11) is 1.59. The smallest absolute Gasteiger partial charge is 0.213 e.